The molecule has 3 rings (SSSR count). The molecule has 2 aromatic carbocycles. The number of benzene rings is 2. The molecule has 0 aliphatic heterocycles. The number of nitrogen functional groups attached to an aromatic ring is 1. The molecule has 0 aliphatic carbocycles. The van der Waals surface area contributed by atoms with Crippen molar-refractivity contribution in [1.82, 2.24) is 10.2 Å². The van der Waals surface area contributed by atoms with Crippen molar-refractivity contribution in [2.45, 2.75) is 13.8 Å². The Hall–Kier alpha value is -3.01. The fourth-order valence-corrected chi connectivity index (χ4v) is 1.89. The number of rotatable bonds is 0. The number of aromatic amines is 1. The zero-order valence-corrected chi connectivity index (χ0v) is 12.4. The Morgan fingerprint density at radius 2 is 1.61 bits per heavy atom. The number of hydrogen-bond donors (Lipinski definition) is 2. The Labute approximate surface area is 130 Å². The van der Waals surface area contributed by atoms with Crippen LogP contribution in [0.3, 0.4) is 0 Å². The molecule has 0 saturated heterocycles. The van der Waals surface area contributed by atoms with Crippen LogP contribution in [0.4, 0.5) is 24.7 Å². The second-order valence-electron chi connectivity index (χ2n) is 4.92. The van der Waals surface area contributed by atoms with E-state index in [9.17, 15) is 13.2 Å². The molecule has 4 nitrogen and oxygen atoms in total. The van der Waals surface area contributed by atoms with Crippen molar-refractivity contribution in [1.29, 1.82) is 0 Å². The maximum absolute atomic E-state index is 13.0. The van der Waals surface area contributed by atoms with Crippen molar-refractivity contribution in [3.05, 3.63) is 64.3 Å². The van der Waals surface area contributed by atoms with Gasteiger partial charge in [0.25, 0.3) is 0 Å². The van der Waals surface area contributed by atoms with E-state index in [1.54, 1.807) is 13.0 Å². The maximum atomic E-state index is 13.0. The predicted octanol–water partition coefficient (Wildman–Crippen LogP) is 4.42. The Balaban J connectivity index is 0.000000168. The molecule has 0 atom stereocenters. The van der Waals surface area contributed by atoms with Crippen LogP contribution in [0.1, 0.15) is 11.1 Å². The molecule has 7 heteroatoms. The summed E-state index contributed by atoms with van der Waals surface area (Å²) in [4.78, 5) is 2.88. The highest BCUT2D eigenvalue weighted by Crippen LogP contribution is 2.21. The predicted molar refractivity (Wildman–Crippen MR) is 82.6 cm³/mol. The number of aromatic nitrogens is 2. The van der Waals surface area contributed by atoms with Crippen LogP contribution in [-0.2, 0) is 0 Å². The molecular formula is C16H13F3N4. The first-order valence-corrected chi connectivity index (χ1v) is 6.56. The molecule has 118 valence electrons. The van der Waals surface area contributed by atoms with Gasteiger partial charge in [-0.25, -0.2) is 18.0 Å². The van der Waals surface area contributed by atoms with Gasteiger partial charge < -0.3 is 5.73 Å². The van der Waals surface area contributed by atoms with Gasteiger partial charge in [-0.1, -0.05) is 0 Å². The fourth-order valence-electron chi connectivity index (χ4n) is 1.89. The number of hydrogen-bond acceptors (Lipinski definition) is 2. The largest absolute Gasteiger partial charge is 0.382 e. The van der Waals surface area contributed by atoms with Gasteiger partial charge in [-0.05, 0) is 49.2 Å². The van der Waals surface area contributed by atoms with Crippen LogP contribution < -0.4 is 5.73 Å². The SMILES string of the molecule is Cc1cc2c(N)n[nH]c2cc1F.[C-]#[N+]c1cc(C)c(F)cc1F. The van der Waals surface area contributed by atoms with Gasteiger partial charge in [0.1, 0.15) is 17.5 Å². The molecule has 0 saturated carbocycles. The van der Waals surface area contributed by atoms with E-state index >= 15 is 0 Å². The van der Waals surface area contributed by atoms with E-state index in [4.69, 9.17) is 12.3 Å². The molecule has 0 aliphatic rings. The summed E-state index contributed by atoms with van der Waals surface area (Å²) in [7, 11) is 0. The topological polar surface area (TPSA) is 59.1 Å². The van der Waals surface area contributed by atoms with Crippen LogP contribution >= 0.6 is 0 Å². The standard InChI is InChI=1S/C8H5F2N.C8H8FN3/c1-5-3-8(11-2)7(10)4-6(5)9;1-4-2-5-7(3-6(4)9)11-12-8(5)10/h3-4H,1H3;2-3H,1H3,(H3,10,11,12). The summed E-state index contributed by atoms with van der Waals surface area (Å²) in [5.74, 6) is -1.25. The molecule has 3 aromatic rings. The highest BCUT2D eigenvalue weighted by molar-refractivity contribution is 5.89. The fraction of sp³-hybridized carbons (Fsp3) is 0.125. The van der Waals surface area contributed by atoms with Crippen LogP contribution in [0.5, 0.6) is 0 Å². The van der Waals surface area contributed by atoms with Gasteiger partial charge in [0, 0.05) is 5.39 Å². The number of nitrogens with zero attached hydrogens (tertiary/aromatic N) is 2. The van der Waals surface area contributed by atoms with Gasteiger partial charge in [-0.15, -0.1) is 0 Å². The summed E-state index contributed by atoms with van der Waals surface area (Å²) in [5, 5.41) is 7.18. The minimum atomic E-state index is -0.803. The molecule has 0 fully saturated rings. The van der Waals surface area contributed by atoms with E-state index in [2.05, 4.69) is 15.0 Å². The molecule has 1 aromatic heterocycles. The number of aryl methyl sites for hydroxylation is 2. The van der Waals surface area contributed by atoms with Crippen molar-refractivity contribution in [2.24, 2.45) is 0 Å². The number of nitrogens with one attached hydrogen (secondary N) is 1. The van der Waals surface area contributed by atoms with E-state index in [-0.39, 0.29) is 17.1 Å². The van der Waals surface area contributed by atoms with Crippen molar-refractivity contribution in [2.75, 3.05) is 5.73 Å². The number of anilines is 1. The van der Waals surface area contributed by atoms with Crippen LogP contribution in [-0.4, -0.2) is 10.2 Å². The average Bonchev–Trinajstić information content (AvgIpc) is 2.85. The summed E-state index contributed by atoms with van der Waals surface area (Å²) >= 11 is 0. The monoisotopic (exact) mass is 318 g/mol. The summed E-state index contributed by atoms with van der Waals surface area (Å²) in [6.07, 6.45) is 0. The second-order valence-corrected chi connectivity index (χ2v) is 4.92. The first-order valence-electron chi connectivity index (χ1n) is 6.56. The number of halogens is 3. The second kappa shape index (κ2) is 6.40. The normalized spacial score (nSPS) is 10.1. The maximum Gasteiger partial charge on any atom is 0.222 e. The zero-order chi connectivity index (χ0) is 17.1. The lowest BCUT2D eigenvalue weighted by atomic mass is 10.1. The van der Waals surface area contributed by atoms with Gasteiger partial charge in [0.2, 0.25) is 5.69 Å². The van der Waals surface area contributed by atoms with Crippen molar-refractivity contribution >= 4 is 22.4 Å². The molecular weight excluding hydrogens is 305 g/mol. The minimum Gasteiger partial charge on any atom is -0.382 e. The average molecular weight is 318 g/mol. The van der Waals surface area contributed by atoms with Gasteiger partial charge in [0.05, 0.1) is 12.1 Å². The molecule has 23 heavy (non-hydrogen) atoms. The first-order chi connectivity index (χ1) is 10.8. The number of H-pyrrole nitrogens is 1. The third kappa shape index (κ3) is 3.43. The molecule has 0 bridgehead atoms. The minimum absolute atomic E-state index is 0.135. The third-order valence-electron chi connectivity index (χ3n) is 3.22. The zero-order valence-electron chi connectivity index (χ0n) is 12.4. The number of nitrogens with two attached hydrogens (primary N) is 1. The van der Waals surface area contributed by atoms with Crippen molar-refractivity contribution in [3.63, 3.8) is 0 Å². The molecule has 0 unspecified atom stereocenters. The summed E-state index contributed by atoms with van der Waals surface area (Å²) in [6, 6.07) is 5.00. The lowest BCUT2D eigenvalue weighted by Crippen LogP contribution is -1.85. The summed E-state index contributed by atoms with van der Waals surface area (Å²) in [5.41, 5.74) is 6.90. The van der Waals surface area contributed by atoms with E-state index in [0.717, 1.165) is 11.5 Å². The Kier molecular flexibility index (Phi) is 4.55. The van der Waals surface area contributed by atoms with Crippen LogP contribution in [0.15, 0.2) is 24.3 Å². The third-order valence-corrected chi connectivity index (χ3v) is 3.22. The summed E-state index contributed by atoms with van der Waals surface area (Å²) < 4.78 is 38.1. The van der Waals surface area contributed by atoms with Crippen LogP contribution in [0.25, 0.3) is 15.7 Å². The van der Waals surface area contributed by atoms with E-state index in [1.165, 1.54) is 19.1 Å². The van der Waals surface area contributed by atoms with E-state index in [1.807, 2.05) is 0 Å². The van der Waals surface area contributed by atoms with Gasteiger partial charge in [-0.3, -0.25) is 5.10 Å². The molecule has 1 heterocycles. The van der Waals surface area contributed by atoms with E-state index in [0.29, 0.717) is 16.9 Å². The Bertz CT molecular complexity index is 910. The van der Waals surface area contributed by atoms with E-state index < -0.39 is 11.6 Å². The molecule has 0 amide bonds. The quantitative estimate of drug-likeness (QED) is 0.603. The Morgan fingerprint density at radius 3 is 2.26 bits per heavy atom. The van der Waals surface area contributed by atoms with Crippen LogP contribution in [0, 0.1) is 37.9 Å². The summed E-state index contributed by atoms with van der Waals surface area (Å²) in [6.45, 7) is 9.70. The van der Waals surface area contributed by atoms with Crippen molar-refractivity contribution in [3.8, 4) is 0 Å². The highest BCUT2D eigenvalue weighted by Gasteiger charge is 2.06. The van der Waals surface area contributed by atoms with Gasteiger partial charge in [-0.2, -0.15) is 5.10 Å². The van der Waals surface area contributed by atoms with Crippen molar-refractivity contribution < 1.29 is 13.2 Å². The number of fused-ring (bicyclic) bond motifs is 1. The van der Waals surface area contributed by atoms with Gasteiger partial charge in [0.15, 0.2) is 5.82 Å². The van der Waals surface area contributed by atoms with Gasteiger partial charge >= 0.3 is 0 Å². The highest BCUT2D eigenvalue weighted by atomic mass is 19.1. The molecule has 0 radical (unpaired) electrons. The lowest BCUT2D eigenvalue weighted by Gasteiger charge is -1.96. The lowest BCUT2D eigenvalue weighted by molar-refractivity contribution is 0.581. The molecule has 0 spiro atoms. The van der Waals surface area contributed by atoms with Crippen LogP contribution in [0.2, 0.25) is 0 Å². The molecule has 3 N–H and O–H groups in total. The smallest absolute Gasteiger partial charge is 0.222 e. The Morgan fingerprint density at radius 1 is 1.00 bits per heavy atom. The first kappa shape index (κ1) is 16.4.